The monoisotopic (exact) mass is 365 g/mol. The van der Waals surface area contributed by atoms with Crippen LogP contribution in [0.15, 0.2) is 35.9 Å². The predicted octanol–water partition coefficient (Wildman–Crippen LogP) is 3.66. The summed E-state index contributed by atoms with van der Waals surface area (Å²) < 4.78 is 2.14. The largest absolute Gasteiger partial charge is 0.346 e. The van der Waals surface area contributed by atoms with E-state index >= 15 is 0 Å². The van der Waals surface area contributed by atoms with E-state index in [-0.39, 0.29) is 11.6 Å². The van der Waals surface area contributed by atoms with Crippen molar-refractivity contribution in [2.45, 2.75) is 40.7 Å². The average molecular weight is 365 g/mol. The number of carbonyl (C=O) groups excluding carboxylic acids is 3. The van der Waals surface area contributed by atoms with E-state index < -0.39 is 17.8 Å². The number of nitrogens with zero attached hydrogens (tertiary/aromatic N) is 2. The molecule has 1 aromatic carbocycles. The SMILES string of the molecule is Cc1ccc(N2C(=O)NC(=O)/C(=C\c3cc(C)n(C(C)C)c3C)C2=O)cc1. The van der Waals surface area contributed by atoms with Crippen LogP contribution in [-0.4, -0.2) is 22.4 Å². The summed E-state index contributed by atoms with van der Waals surface area (Å²) in [5.74, 6) is -1.30. The molecular weight excluding hydrogens is 342 g/mol. The van der Waals surface area contributed by atoms with Crippen LogP contribution in [0.1, 0.15) is 42.4 Å². The first-order valence-corrected chi connectivity index (χ1v) is 8.87. The molecule has 0 atom stereocenters. The van der Waals surface area contributed by atoms with Crippen LogP contribution in [0.25, 0.3) is 6.08 Å². The smallest absolute Gasteiger partial charge is 0.335 e. The van der Waals surface area contributed by atoms with Gasteiger partial charge in [0.25, 0.3) is 11.8 Å². The molecule has 0 unspecified atom stereocenters. The summed E-state index contributed by atoms with van der Waals surface area (Å²) in [6, 6.07) is 8.46. The van der Waals surface area contributed by atoms with Gasteiger partial charge in [0.05, 0.1) is 5.69 Å². The average Bonchev–Trinajstić information content (AvgIpc) is 2.86. The second kappa shape index (κ2) is 6.87. The van der Waals surface area contributed by atoms with E-state index in [9.17, 15) is 14.4 Å². The summed E-state index contributed by atoms with van der Waals surface area (Å²) in [6.45, 7) is 10.0. The molecule has 27 heavy (non-hydrogen) atoms. The number of barbiturate groups is 1. The van der Waals surface area contributed by atoms with Gasteiger partial charge in [0.15, 0.2) is 0 Å². The second-order valence-electron chi connectivity index (χ2n) is 7.08. The van der Waals surface area contributed by atoms with Gasteiger partial charge in [0.1, 0.15) is 5.57 Å². The van der Waals surface area contributed by atoms with E-state index in [0.29, 0.717) is 5.69 Å². The lowest BCUT2D eigenvalue weighted by Crippen LogP contribution is -2.54. The van der Waals surface area contributed by atoms with Crippen molar-refractivity contribution in [3.05, 3.63) is 58.4 Å². The molecule has 2 aromatic rings. The molecule has 6 nitrogen and oxygen atoms in total. The Kier molecular flexibility index (Phi) is 4.74. The van der Waals surface area contributed by atoms with Gasteiger partial charge in [-0.25, -0.2) is 9.69 Å². The molecule has 3 rings (SSSR count). The topological polar surface area (TPSA) is 71.4 Å². The number of hydrogen-bond acceptors (Lipinski definition) is 3. The summed E-state index contributed by atoms with van der Waals surface area (Å²) in [6.07, 6.45) is 1.56. The van der Waals surface area contributed by atoms with E-state index in [4.69, 9.17) is 0 Å². The molecule has 0 spiro atoms. The summed E-state index contributed by atoms with van der Waals surface area (Å²) in [5, 5.41) is 2.26. The van der Waals surface area contributed by atoms with Crippen LogP contribution in [0.5, 0.6) is 0 Å². The van der Waals surface area contributed by atoms with Crippen molar-refractivity contribution in [1.29, 1.82) is 0 Å². The Morgan fingerprint density at radius 3 is 2.19 bits per heavy atom. The molecule has 0 radical (unpaired) electrons. The van der Waals surface area contributed by atoms with Crippen molar-refractivity contribution >= 4 is 29.6 Å². The molecule has 0 aliphatic carbocycles. The number of urea groups is 1. The molecule has 1 saturated heterocycles. The number of carbonyl (C=O) groups is 3. The number of amides is 4. The third kappa shape index (κ3) is 3.30. The Morgan fingerprint density at radius 2 is 1.63 bits per heavy atom. The molecule has 140 valence electrons. The molecule has 0 bridgehead atoms. The van der Waals surface area contributed by atoms with E-state index in [1.165, 1.54) is 0 Å². The number of rotatable bonds is 3. The highest BCUT2D eigenvalue weighted by molar-refractivity contribution is 6.39. The van der Waals surface area contributed by atoms with Crippen LogP contribution >= 0.6 is 0 Å². The first-order chi connectivity index (χ1) is 12.7. The zero-order valence-electron chi connectivity index (χ0n) is 16.2. The van der Waals surface area contributed by atoms with E-state index in [2.05, 4.69) is 23.7 Å². The number of anilines is 1. The molecule has 1 aliphatic heterocycles. The summed E-state index contributed by atoms with van der Waals surface area (Å²) in [4.78, 5) is 38.5. The number of nitrogens with one attached hydrogen (secondary N) is 1. The molecule has 1 fully saturated rings. The van der Waals surface area contributed by atoms with E-state index in [1.807, 2.05) is 39.0 Å². The lowest BCUT2D eigenvalue weighted by molar-refractivity contribution is -0.122. The maximum Gasteiger partial charge on any atom is 0.335 e. The Bertz CT molecular complexity index is 965. The fraction of sp³-hybridized carbons (Fsp3) is 0.286. The minimum atomic E-state index is -0.737. The highest BCUT2D eigenvalue weighted by atomic mass is 16.2. The van der Waals surface area contributed by atoms with Crippen LogP contribution in [-0.2, 0) is 9.59 Å². The van der Waals surface area contributed by atoms with Gasteiger partial charge in [-0.05, 0) is 64.5 Å². The number of benzene rings is 1. The maximum atomic E-state index is 12.9. The normalized spacial score (nSPS) is 16.4. The quantitative estimate of drug-likeness (QED) is 0.666. The van der Waals surface area contributed by atoms with Gasteiger partial charge in [-0.1, -0.05) is 17.7 Å². The molecule has 6 heteroatoms. The minimum Gasteiger partial charge on any atom is -0.346 e. The fourth-order valence-corrected chi connectivity index (χ4v) is 3.48. The zero-order valence-corrected chi connectivity index (χ0v) is 16.2. The van der Waals surface area contributed by atoms with Crippen LogP contribution < -0.4 is 10.2 Å². The van der Waals surface area contributed by atoms with Crippen molar-refractivity contribution in [1.82, 2.24) is 9.88 Å². The Morgan fingerprint density at radius 1 is 1.00 bits per heavy atom. The predicted molar refractivity (Wildman–Crippen MR) is 104 cm³/mol. The van der Waals surface area contributed by atoms with Gasteiger partial charge in [0.2, 0.25) is 0 Å². The molecule has 0 saturated carbocycles. The fourth-order valence-electron chi connectivity index (χ4n) is 3.48. The highest BCUT2D eigenvalue weighted by Crippen LogP contribution is 2.25. The Hall–Kier alpha value is -3.15. The first-order valence-electron chi connectivity index (χ1n) is 8.87. The van der Waals surface area contributed by atoms with Crippen LogP contribution in [0.2, 0.25) is 0 Å². The van der Waals surface area contributed by atoms with Crippen LogP contribution in [0.4, 0.5) is 10.5 Å². The molecule has 1 aromatic heterocycles. The van der Waals surface area contributed by atoms with Gasteiger partial charge in [-0.3, -0.25) is 14.9 Å². The van der Waals surface area contributed by atoms with Gasteiger partial charge >= 0.3 is 6.03 Å². The van der Waals surface area contributed by atoms with E-state index in [1.54, 1.807) is 18.2 Å². The molecule has 1 N–H and O–H groups in total. The number of imide groups is 2. The van der Waals surface area contributed by atoms with Crippen molar-refractivity contribution in [3.8, 4) is 0 Å². The van der Waals surface area contributed by atoms with Gasteiger partial charge in [0, 0.05) is 17.4 Å². The summed E-state index contributed by atoms with van der Waals surface area (Å²) in [7, 11) is 0. The third-order valence-electron chi connectivity index (χ3n) is 4.73. The number of aryl methyl sites for hydroxylation is 2. The highest BCUT2D eigenvalue weighted by Gasteiger charge is 2.37. The molecule has 1 aliphatic rings. The second-order valence-corrected chi connectivity index (χ2v) is 7.08. The molecule has 2 heterocycles. The van der Waals surface area contributed by atoms with Gasteiger partial charge in [-0.15, -0.1) is 0 Å². The van der Waals surface area contributed by atoms with Gasteiger partial charge in [-0.2, -0.15) is 0 Å². The first kappa shape index (κ1) is 18.6. The maximum absolute atomic E-state index is 12.9. The summed E-state index contributed by atoms with van der Waals surface area (Å²) >= 11 is 0. The Balaban J connectivity index is 2.05. The minimum absolute atomic E-state index is 0.0563. The lowest BCUT2D eigenvalue weighted by Gasteiger charge is -2.26. The molecule has 4 amide bonds. The van der Waals surface area contributed by atoms with Crippen molar-refractivity contribution < 1.29 is 14.4 Å². The van der Waals surface area contributed by atoms with Crippen molar-refractivity contribution in [3.63, 3.8) is 0 Å². The number of aromatic nitrogens is 1. The van der Waals surface area contributed by atoms with Crippen molar-refractivity contribution in [2.75, 3.05) is 4.90 Å². The Labute approximate surface area is 158 Å². The third-order valence-corrected chi connectivity index (χ3v) is 4.73. The molecular formula is C21H23N3O3. The summed E-state index contributed by atoms with van der Waals surface area (Å²) in [5.41, 5.74) is 4.18. The van der Waals surface area contributed by atoms with E-state index in [0.717, 1.165) is 27.4 Å². The number of hydrogen-bond donors (Lipinski definition) is 1. The standard InChI is InChI=1S/C21H23N3O3/c1-12(2)23-14(4)10-16(15(23)5)11-18-19(25)22-21(27)24(20(18)26)17-8-6-13(3)7-9-17/h6-12H,1-5H3,(H,22,25,27)/b18-11+. The zero-order chi connectivity index (χ0) is 19.9. The van der Waals surface area contributed by atoms with Crippen molar-refractivity contribution in [2.24, 2.45) is 0 Å². The van der Waals surface area contributed by atoms with Crippen LogP contribution in [0.3, 0.4) is 0 Å². The lowest BCUT2D eigenvalue weighted by atomic mass is 10.1. The van der Waals surface area contributed by atoms with Gasteiger partial charge < -0.3 is 4.57 Å². The van der Waals surface area contributed by atoms with Crippen LogP contribution in [0, 0.1) is 20.8 Å².